The molecule has 0 bridgehead atoms. The van der Waals surface area contributed by atoms with Crippen molar-refractivity contribution in [1.29, 1.82) is 0 Å². The van der Waals surface area contributed by atoms with E-state index in [1.807, 2.05) is 12.1 Å². The van der Waals surface area contributed by atoms with Gasteiger partial charge in [-0.3, -0.25) is 5.10 Å². The summed E-state index contributed by atoms with van der Waals surface area (Å²) in [5, 5.41) is 10.2. The molecule has 0 aliphatic heterocycles. The third-order valence-corrected chi connectivity index (χ3v) is 1.88. The second-order valence-corrected chi connectivity index (χ2v) is 3.17. The standard InChI is InChI=1S/C9H8ClN4/c1-6-11-9(14-13-6)12-8-4-2-7(10)3-5-8/h2-5H,1H2,(H2,11,12,13,14). The van der Waals surface area contributed by atoms with Gasteiger partial charge in [0.05, 0.1) is 0 Å². The molecule has 0 amide bonds. The molecule has 4 nitrogen and oxygen atoms in total. The van der Waals surface area contributed by atoms with Crippen molar-refractivity contribution >= 4 is 23.2 Å². The van der Waals surface area contributed by atoms with Gasteiger partial charge in [-0.2, -0.15) is 4.98 Å². The minimum Gasteiger partial charge on any atom is -0.323 e. The molecule has 2 aromatic rings. The lowest BCUT2D eigenvalue weighted by atomic mass is 10.3. The van der Waals surface area contributed by atoms with Crippen LogP contribution in [-0.4, -0.2) is 15.2 Å². The highest BCUT2D eigenvalue weighted by Crippen LogP contribution is 2.16. The lowest BCUT2D eigenvalue weighted by molar-refractivity contribution is 1.07. The second-order valence-electron chi connectivity index (χ2n) is 2.74. The fourth-order valence-electron chi connectivity index (χ4n) is 1.01. The van der Waals surface area contributed by atoms with Crippen LogP contribution in [0.2, 0.25) is 5.02 Å². The van der Waals surface area contributed by atoms with E-state index in [4.69, 9.17) is 11.6 Å². The predicted octanol–water partition coefficient (Wildman–Crippen LogP) is 2.38. The Morgan fingerprint density at radius 3 is 2.57 bits per heavy atom. The summed E-state index contributed by atoms with van der Waals surface area (Å²) < 4.78 is 0. The van der Waals surface area contributed by atoms with Crippen molar-refractivity contribution in [2.75, 3.05) is 5.32 Å². The first-order valence-corrected chi connectivity index (χ1v) is 4.39. The SMILES string of the molecule is [CH2]c1nc(Nc2ccc(Cl)cc2)n[nH]1. The van der Waals surface area contributed by atoms with E-state index in [1.165, 1.54) is 0 Å². The Kier molecular flexibility index (Phi) is 2.37. The average Bonchev–Trinajstić information content (AvgIpc) is 2.56. The van der Waals surface area contributed by atoms with Crippen molar-refractivity contribution in [1.82, 2.24) is 15.2 Å². The quantitative estimate of drug-likeness (QED) is 0.795. The summed E-state index contributed by atoms with van der Waals surface area (Å²) in [4.78, 5) is 4.01. The van der Waals surface area contributed by atoms with Crippen molar-refractivity contribution in [3.8, 4) is 0 Å². The molecule has 71 valence electrons. The number of nitrogens with one attached hydrogen (secondary N) is 2. The zero-order chi connectivity index (χ0) is 9.97. The fraction of sp³-hybridized carbons (Fsp3) is 0. The van der Waals surface area contributed by atoms with Crippen LogP contribution in [0.3, 0.4) is 0 Å². The van der Waals surface area contributed by atoms with Gasteiger partial charge in [0, 0.05) is 17.6 Å². The first-order valence-electron chi connectivity index (χ1n) is 4.01. The van der Waals surface area contributed by atoms with E-state index in [0.717, 1.165) is 5.69 Å². The summed E-state index contributed by atoms with van der Waals surface area (Å²) in [6, 6.07) is 7.28. The van der Waals surface area contributed by atoms with Gasteiger partial charge in [0.2, 0.25) is 5.95 Å². The smallest absolute Gasteiger partial charge is 0.246 e. The molecule has 2 N–H and O–H groups in total. The number of rotatable bonds is 2. The molecule has 1 aromatic heterocycles. The van der Waals surface area contributed by atoms with Crippen LogP contribution in [0.1, 0.15) is 5.82 Å². The number of halogens is 1. The van der Waals surface area contributed by atoms with Gasteiger partial charge in [0.15, 0.2) is 0 Å². The molecule has 1 radical (unpaired) electrons. The van der Waals surface area contributed by atoms with Gasteiger partial charge in [-0.15, -0.1) is 5.10 Å². The van der Waals surface area contributed by atoms with Crippen LogP contribution in [0, 0.1) is 6.92 Å². The van der Waals surface area contributed by atoms with Crippen molar-refractivity contribution in [2.24, 2.45) is 0 Å². The topological polar surface area (TPSA) is 53.6 Å². The third kappa shape index (κ3) is 2.03. The predicted molar refractivity (Wildman–Crippen MR) is 55.6 cm³/mol. The highest BCUT2D eigenvalue weighted by Gasteiger charge is 1.99. The molecule has 1 heterocycles. The van der Waals surface area contributed by atoms with Gasteiger partial charge in [-0.05, 0) is 24.3 Å². The van der Waals surface area contributed by atoms with Crippen LogP contribution in [0.5, 0.6) is 0 Å². The van der Waals surface area contributed by atoms with E-state index in [-0.39, 0.29) is 0 Å². The number of aromatic amines is 1. The molecular weight excluding hydrogens is 200 g/mol. The number of anilines is 2. The molecule has 0 fully saturated rings. The Bertz CT molecular complexity index is 421. The van der Waals surface area contributed by atoms with Crippen molar-refractivity contribution in [3.63, 3.8) is 0 Å². The normalized spacial score (nSPS) is 10.1. The van der Waals surface area contributed by atoms with Crippen LogP contribution < -0.4 is 5.32 Å². The third-order valence-electron chi connectivity index (χ3n) is 1.63. The Morgan fingerprint density at radius 2 is 2.00 bits per heavy atom. The monoisotopic (exact) mass is 207 g/mol. The van der Waals surface area contributed by atoms with Crippen LogP contribution in [-0.2, 0) is 0 Å². The molecule has 0 unspecified atom stereocenters. The molecule has 0 atom stereocenters. The van der Waals surface area contributed by atoms with E-state index in [9.17, 15) is 0 Å². The number of benzene rings is 1. The number of hydrogen-bond acceptors (Lipinski definition) is 3. The summed E-state index contributed by atoms with van der Waals surface area (Å²) in [5.74, 6) is 1.03. The van der Waals surface area contributed by atoms with E-state index in [0.29, 0.717) is 16.8 Å². The molecule has 5 heteroatoms. The van der Waals surface area contributed by atoms with Gasteiger partial charge >= 0.3 is 0 Å². The highest BCUT2D eigenvalue weighted by molar-refractivity contribution is 6.30. The average molecular weight is 208 g/mol. The maximum Gasteiger partial charge on any atom is 0.246 e. The van der Waals surface area contributed by atoms with Crippen molar-refractivity contribution < 1.29 is 0 Å². The summed E-state index contributed by atoms with van der Waals surface area (Å²) in [5.41, 5.74) is 0.883. The molecular formula is C9H8ClN4. The lowest BCUT2D eigenvalue weighted by Gasteiger charge is -2.00. The highest BCUT2D eigenvalue weighted by atomic mass is 35.5. The Hall–Kier alpha value is -1.55. The fourth-order valence-corrected chi connectivity index (χ4v) is 1.14. The molecule has 1 aromatic carbocycles. The van der Waals surface area contributed by atoms with E-state index >= 15 is 0 Å². The summed E-state index contributed by atoms with van der Waals surface area (Å²) in [6.07, 6.45) is 0. The summed E-state index contributed by atoms with van der Waals surface area (Å²) in [6.45, 7) is 3.61. The maximum absolute atomic E-state index is 5.74. The van der Waals surface area contributed by atoms with Gasteiger partial charge in [0.25, 0.3) is 0 Å². The van der Waals surface area contributed by atoms with Crippen LogP contribution >= 0.6 is 11.6 Å². The minimum absolute atomic E-state index is 0.498. The Labute approximate surface area is 86.3 Å². The zero-order valence-corrected chi connectivity index (χ0v) is 8.04. The molecule has 0 aliphatic rings. The Morgan fingerprint density at radius 1 is 1.29 bits per heavy atom. The zero-order valence-electron chi connectivity index (χ0n) is 7.29. The molecule has 0 saturated carbocycles. The Balaban J connectivity index is 2.15. The van der Waals surface area contributed by atoms with Gasteiger partial charge in [-0.25, -0.2) is 0 Å². The molecule has 2 rings (SSSR count). The molecule has 0 aliphatic carbocycles. The van der Waals surface area contributed by atoms with E-state index in [1.54, 1.807) is 12.1 Å². The van der Waals surface area contributed by atoms with Crippen molar-refractivity contribution in [2.45, 2.75) is 0 Å². The van der Waals surface area contributed by atoms with Gasteiger partial charge in [0.1, 0.15) is 5.82 Å². The number of nitrogens with zero attached hydrogens (tertiary/aromatic N) is 2. The minimum atomic E-state index is 0.498. The van der Waals surface area contributed by atoms with Crippen molar-refractivity contribution in [3.05, 3.63) is 42.0 Å². The molecule has 0 spiro atoms. The lowest BCUT2D eigenvalue weighted by Crippen LogP contribution is -1.91. The summed E-state index contributed by atoms with van der Waals surface area (Å²) >= 11 is 5.74. The van der Waals surface area contributed by atoms with Gasteiger partial charge in [-0.1, -0.05) is 11.6 Å². The van der Waals surface area contributed by atoms with E-state index < -0.39 is 0 Å². The number of H-pyrrole nitrogens is 1. The number of hydrogen-bond donors (Lipinski definition) is 2. The van der Waals surface area contributed by atoms with Crippen LogP contribution in [0.4, 0.5) is 11.6 Å². The first kappa shape index (κ1) is 9.02. The van der Waals surface area contributed by atoms with E-state index in [2.05, 4.69) is 27.4 Å². The number of aromatic nitrogens is 3. The first-order chi connectivity index (χ1) is 6.74. The van der Waals surface area contributed by atoms with Crippen LogP contribution in [0.15, 0.2) is 24.3 Å². The maximum atomic E-state index is 5.74. The van der Waals surface area contributed by atoms with Gasteiger partial charge < -0.3 is 5.32 Å². The summed E-state index contributed by atoms with van der Waals surface area (Å²) in [7, 11) is 0. The second kappa shape index (κ2) is 3.67. The molecule has 0 saturated heterocycles. The largest absolute Gasteiger partial charge is 0.323 e. The van der Waals surface area contributed by atoms with Crippen LogP contribution in [0.25, 0.3) is 0 Å². The molecule has 14 heavy (non-hydrogen) atoms.